The minimum absolute atomic E-state index is 0.333. The van der Waals surface area contributed by atoms with Crippen LogP contribution in [0.2, 0.25) is 0 Å². The molecule has 0 aliphatic heterocycles. The van der Waals surface area contributed by atoms with Crippen molar-refractivity contribution in [1.29, 1.82) is 0 Å². The summed E-state index contributed by atoms with van der Waals surface area (Å²) in [5.41, 5.74) is -4.71. The Morgan fingerprint density at radius 3 is 1.81 bits per heavy atom. The van der Waals surface area contributed by atoms with Gasteiger partial charge in [0.1, 0.15) is 0 Å². The van der Waals surface area contributed by atoms with Crippen LogP contribution >= 0.6 is 0 Å². The summed E-state index contributed by atoms with van der Waals surface area (Å²) in [4.78, 5) is 12.3. The molecule has 2 N–H and O–H groups in total. The predicted octanol–water partition coefficient (Wildman–Crippen LogP) is 4.97. The SMILES string of the molecule is O=C(Cc1ccccc1)NC(NCC12CC3CC(CC(C3)C1)C2)(C(F)(F)F)C(F)(F)F. The van der Waals surface area contributed by atoms with Gasteiger partial charge >= 0.3 is 12.4 Å². The molecule has 0 atom stereocenters. The van der Waals surface area contributed by atoms with E-state index in [1.807, 2.05) is 0 Å². The minimum atomic E-state index is -5.75. The fraction of sp³-hybridized carbons (Fsp3) is 0.682. The summed E-state index contributed by atoms with van der Waals surface area (Å²) in [6, 6.07) is 7.73. The van der Waals surface area contributed by atoms with Gasteiger partial charge < -0.3 is 5.32 Å². The highest BCUT2D eigenvalue weighted by Gasteiger charge is 2.72. The fourth-order valence-electron chi connectivity index (χ4n) is 6.41. The monoisotopic (exact) mass is 448 g/mol. The smallest absolute Gasteiger partial charge is 0.322 e. The zero-order valence-corrected chi connectivity index (χ0v) is 17.0. The third kappa shape index (κ3) is 4.30. The number of hydrogen-bond acceptors (Lipinski definition) is 2. The summed E-state index contributed by atoms with van der Waals surface area (Å²) in [5.74, 6) is -0.190. The molecule has 172 valence electrons. The molecule has 0 radical (unpaired) electrons. The van der Waals surface area contributed by atoms with Crippen molar-refractivity contribution in [3.8, 4) is 0 Å². The number of benzene rings is 1. The maximum atomic E-state index is 13.9. The molecule has 5 rings (SSSR count). The molecule has 3 nitrogen and oxygen atoms in total. The number of hydrogen-bond donors (Lipinski definition) is 2. The van der Waals surface area contributed by atoms with Crippen molar-refractivity contribution in [3.05, 3.63) is 35.9 Å². The Kier molecular flexibility index (Phi) is 5.55. The average molecular weight is 448 g/mol. The first-order chi connectivity index (χ1) is 14.4. The fourth-order valence-corrected chi connectivity index (χ4v) is 6.41. The molecule has 0 aromatic heterocycles. The van der Waals surface area contributed by atoms with E-state index in [9.17, 15) is 31.1 Å². The molecular weight excluding hydrogens is 422 g/mol. The van der Waals surface area contributed by atoms with E-state index in [1.54, 1.807) is 23.5 Å². The molecule has 0 saturated heterocycles. The van der Waals surface area contributed by atoms with Crippen molar-refractivity contribution in [2.24, 2.45) is 23.2 Å². The third-order valence-electron chi connectivity index (χ3n) is 7.28. The second-order valence-electron chi connectivity index (χ2n) is 9.73. The van der Waals surface area contributed by atoms with Crippen LogP contribution in [0.3, 0.4) is 0 Å². The molecule has 4 saturated carbocycles. The van der Waals surface area contributed by atoms with Gasteiger partial charge in [0.15, 0.2) is 0 Å². The van der Waals surface area contributed by atoms with Gasteiger partial charge in [0, 0.05) is 6.54 Å². The van der Waals surface area contributed by atoms with Crippen molar-refractivity contribution in [3.63, 3.8) is 0 Å². The van der Waals surface area contributed by atoms with E-state index in [4.69, 9.17) is 0 Å². The first kappa shape index (κ1) is 22.4. The minimum Gasteiger partial charge on any atom is -0.322 e. The van der Waals surface area contributed by atoms with E-state index in [0.29, 0.717) is 42.6 Å². The lowest BCUT2D eigenvalue weighted by atomic mass is 9.49. The predicted molar refractivity (Wildman–Crippen MR) is 102 cm³/mol. The molecule has 9 heteroatoms. The van der Waals surface area contributed by atoms with Crippen molar-refractivity contribution >= 4 is 5.91 Å². The Bertz CT molecular complexity index is 755. The molecular formula is C22H26F6N2O. The molecule has 4 fully saturated rings. The zero-order chi connectivity index (χ0) is 22.5. The van der Waals surface area contributed by atoms with Gasteiger partial charge in [0.05, 0.1) is 6.42 Å². The van der Waals surface area contributed by atoms with Gasteiger partial charge in [-0.2, -0.15) is 26.3 Å². The van der Waals surface area contributed by atoms with Crippen molar-refractivity contribution in [2.75, 3.05) is 6.54 Å². The maximum absolute atomic E-state index is 13.9. The Hall–Kier alpha value is -1.77. The molecule has 4 aliphatic rings. The van der Waals surface area contributed by atoms with Crippen LogP contribution in [0.25, 0.3) is 0 Å². The van der Waals surface area contributed by atoms with Crippen molar-refractivity contribution in [1.82, 2.24) is 10.6 Å². The number of halogens is 6. The molecule has 0 unspecified atom stereocenters. The summed E-state index contributed by atoms with van der Waals surface area (Å²) in [5, 5.41) is 3.10. The van der Waals surface area contributed by atoms with Crippen LogP contribution in [0.4, 0.5) is 26.3 Å². The molecule has 1 aromatic carbocycles. The normalized spacial score (nSPS) is 30.5. The Morgan fingerprint density at radius 1 is 0.871 bits per heavy atom. The van der Waals surface area contributed by atoms with E-state index < -0.39 is 42.3 Å². The molecule has 1 aromatic rings. The van der Waals surface area contributed by atoms with Crippen molar-refractivity contribution < 1.29 is 31.1 Å². The topological polar surface area (TPSA) is 41.1 Å². The number of amides is 1. The van der Waals surface area contributed by atoms with E-state index in [0.717, 1.165) is 19.3 Å². The van der Waals surface area contributed by atoms with Gasteiger partial charge in [-0.25, -0.2) is 0 Å². The van der Waals surface area contributed by atoms with Crippen LogP contribution < -0.4 is 10.6 Å². The lowest BCUT2D eigenvalue weighted by Crippen LogP contribution is -2.76. The molecule has 4 aliphatic carbocycles. The molecule has 4 bridgehead atoms. The Labute approximate surface area is 177 Å². The number of alkyl halides is 6. The summed E-state index contributed by atoms with van der Waals surface area (Å²) in [6.45, 7) is -0.416. The van der Waals surface area contributed by atoms with Crippen LogP contribution in [0, 0.1) is 23.2 Å². The lowest BCUT2D eigenvalue weighted by Gasteiger charge is -2.57. The number of rotatable bonds is 6. The van der Waals surface area contributed by atoms with Crippen LogP contribution in [0.5, 0.6) is 0 Å². The molecule has 31 heavy (non-hydrogen) atoms. The van der Waals surface area contributed by atoms with E-state index in [1.165, 1.54) is 17.4 Å². The highest BCUT2D eigenvalue weighted by molar-refractivity contribution is 5.79. The molecule has 0 heterocycles. The van der Waals surface area contributed by atoms with Gasteiger partial charge in [0.25, 0.3) is 5.66 Å². The van der Waals surface area contributed by atoms with Crippen molar-refractivity contribution in [2.45, 2.75) is 63.0 Å². The van der Waals surface area contributed by atoms with Gasteiger partial charge in [0.2, 0.25) is 5.91 Å². The summed E-state index contributed by atoms with van der Waals surface area (Å²) in [6.07, 6.45) is -7.06. The summed E-state index contributed by atoms with van der Waals surface area (Å²) < 4.78 is 83.6. The quantitative estimate of drug-likeness (QED) is 0.477. The van der Waals surface area contributed by atoms with Gasteiger partial charge in [-0.1, -0.05) is 30.3 Å². The van der Waals surface area contributed by atoms with E-state index in [2.05, 4.69) is 0 Å². The first-order valence-electron chi connectivity index (χ1n) is 10.6. The summed E-state index contributed by atoms with van der Waals surface area (Å²) >= 11 is 0. The number of carbonyl (C=O) groups excluding carboxylic acids is 1. The standard InChI is InChI=1S/C22H26F6N2O/c23-21(24,25)20(22(26,27)28,30-18(31)9-14-4-2-1-3-5-14)29-13-19-10-15-6-16(11-19)8-17(7-15)12-19/h1-5,15-17,29H,6-13H2,(H,30,31). The van der Waals surface area contributed by atoms with Gasteiger partial charge in [-0.3, -0.25) is 10.1 Å². The second-order valence-corrected chi connectivity index (χ2v) is 9.73. The van der Waals surface area contributed by atoms with Gasteiger partial charge in [-0.05, 0) is 67.3 Å². The largest absolute Gasteiger partial charge is 0.434 e. The Morgan fingerprint density at radius 2 is 1.35 bits per heavy atom. The van der Waals surface area contributed by atoms with Crippen LogP contribution in [0.15, 0.2) is 30.3 Å². The first-order valence-corrected chi connectivity index (χ1v) is 10.6. The average Bonchev–Trinajstić information content (AvgIpc) is 2.63. The van der Waals surface area contributed by atoms with Crippen LogP contribution in [-0.2, 0) is 11.2 Å². The Balaban J connectivity index is 1.56. The van der Waals surface area contributed by atoms with Crippen LogP contribution in [0.1, 0.15) is 44.1 Å². The second kappa shape index (κ2) is 7.67. The molecule has 0 spiro atoms. The highest BCUT2D eigenvalue weighted by atomic mass is 19.4. The maximum Gasteiger partial charge on any atom is 0.434 e. The number of nitrogens with one attached hydrogen (secondary N) is 2. The third-order valence-corrected chi connectivity index (χ3v) is 7.28. The highest BCUT2D eigenvalue weighted by Crippen LogP contribution is 2.60. The number of carbonyl (C=O) groups is 1. The van der Waals surface area contributed by atoms with Crippen LogP contribution in [-0.4, -0.2) is 30.5 Å². The lowest BCUT2D eigenvalue weighted by molar-refractivity contribution is -0.317. The van der Waals surface area contributed by atoms with E-state index in [-0.39, 0.29) is 0 Å². The zero-order valence-electron chi connectivity index (χ0n) is 17.0. The summed E-state index contributed by atoms with van der Waals surface area (Å²) in [7, 11) is 0. The van der Waals surface area contributed by atoms with E-state index >= 15 is 0 Å². The molecule has 1 amide bonds. The van der Waals surface area contributed by atoms with Gasteiger partial charge in [-0.15, -0.1) is 0 Å².